The number of aromatic nitrogens is 2. The van der Waals surface area contributed by atoms with Crippen molar-refractivity contribution in [3.05, 3.63) is 53.9 Å². The highest BCUT2D eigenvalue weighted by Crippen LogP contribution is 2.23. The predicted molar refractivity (Wildman–Crippen MR) is 109 cm³/mol. The number of amides is 2. The summed E-state index contributed by atoms with van der Waals surface area (Å²) in [6.45, 7) is 5.60. The molecule has 0 aliphatic carbocycles. The number of halogens is 1. The van der Waals surface area contributed by atoms with Crippen molar-refractivity contribution < 1.29 is 14.0 Å². The van der Waals surface area contributed by atoms with E-state index in [0.717, 1.165) is 25.9 Å². The Morgan fingerprint density at radius 1 is 1.21 bits per heavy atom. The molecule has 1 aliphatic rings. The monoisotopic (exact) mass is 398 g/mol. The molecule has 1 aliphatic heterocycles. The summed E-state index contributed by atoms with van der Waals surface area (Å²) >= 11 is 0. The maximum atomic E-state index is 13.1. The largest absolute Gasteiger partial charge is 0.343 e. The molecule has 0 atom stereocenters. The van der Waals surface area contributed by atoms with Crippen molar-refractivity contribution in [2.24, 2.45) is 11.8 Å². The van der Waals surface area contributed by atoms with E-state index in [1.807, 2.05) is 4.90 Å². The van der Waals surface area contributed by atoms with Crippen molar-refractivity contribution >= 4 is 17.5 Å². The molecule has 2 amide bonds. The number of rotatable bonds is 6. The van der Waals surface area contributed by atoms with Gasteiger partial charge in [-0.3, -0.25) is 9.59 Å². The fourth-order valence-electron chi connectivity index (χ4n) is 3.58. The summed E-state index contributed by atoms with van der Waals surface area (Å²) in [5.74, 6) is 0.287. The van der Waals surface area contributed by atoms with Crippen molar-refractivity contribution in [3.63, 3.8) is 0 Å². The standard InChI is InChI=1S/C22H27FN4O2/c1-15(2)11-21(28)27-9-7-16(8-10-27)12-20-19(13-24-14-25-20)22(29)26-18-5-3-17(23)4-6-18/h3-6,13-16H,7-12H2,1-2H3,(H,26,29). The van der Waals surface area contributed by atoms with Gasteiger partial charge in [-0.05, 0) is 55.4 Å². The molecule has 0 saturated carbocycles. The lowest BCUT2D eigenvalue weighted by Gasteiger charge is -2.32. The molecular weight excluding hydrogens is 371 g/mol. The molecule has 1 aromatic heterocycles. The summed E-state index contributed by atoms with van der Waals surface area (Å²) in [6, 6.07) is 5.62. The molecule has 3 rings (SSSR count). The van der Waals surface area contributed by atoms with Gasteiger partial charge in [0.05, 0.1) is 11.3 Å². The van der Waals surface area contributed by atoms with Crippen LogP contribution in [0.3, 0.4) is 0 Å². The van der Waals surface area contributed by atoms with Crippen LogP contribution in [0, 0.1) is 17.7 Å². The number of nitrogens with one attached hydrogen (secondary N) is 1. The first-order chi connectivity index (χ1) is 13.9. The van der Waals surface area contributed by atoms with Crippen LogP contribution in [0.15, 0.2) is 36.8 Å². The van der Waals surface area contributed by atoms with Crippen LogP contribution in [-0.2, 0) is 11.2 Å². The number of carbonyl (C=O) groups excluding carboxylic acids is 2. The van der Waals surface area contributed by atoms with Gasteiger partial charge in [-0.15, -0.1) is 0 Å². The van der Waals surface area contributed by atoms with Crippen LogP contribution in [0.2, 0.25) is 0 Å². The summed E-state index contributed by atoms with van der Waals surface area (Å²) < 4.78 is 13.1. The highest BCUT2D eigenvalue weighted by atomic mass is 19.1. The SMILES string of the molecule is CC(C)CC(=O)N1CCC(Cc2ncncc2C(=O)Nc2ccc(F)cc2)CC1. The van der Waals surface area contributed by atoms with E-state index in [4.69, 9.17) is 0 Å². The van der Waals surface area contributed by atoms with E-state index in [0.29, 0.717) is 41.6 Å². The fraction of sp³-hybridized carbons (Fsp3) is 0.455. The second-order valence-corrected chi connectivity index (χ2v) is 7.97. The molecule has 0 radical (unpaired) electrons. The normalized spacial score (nSPS) is 14.8. The van der Waals surface area contributed by atoms with E-state index in [1.54, 1.807) is 0 Å². The molecule has 1 fully saturated rings. The molecule has 154 valence electrons. The number of anilines is 1. The van der Waals surface area contributed by atoms with Crippen molar-refractivity contribution in [3.8, 4) is 0 Å². The molecule has 0 unspecified atom stereocenters. The first kappa shape index (κ1) is 20.9. The smallest absolute Gasteiger partial charge is 0.259 e. The quantitative estimate of drug-likeness (QED) is 0.805. The van der Waals surface area contributed by atoms with E-state index in [-0.39, 0.29) is 17.6 Å². The Balaban J connectivity index is 1.60. The van der Waals surface area contributed by atoms with Gasteiger partial charge >= 0.3 is 0 Å². The number of benzene rings is 1. The third-order valence-electron chi connectivity index (χ3n) is 5.17. The van der Waals surface area contributed by atoms with Crippen LogP contribution in [0.25, 0.3) is 0 Å². The molecule has 1 N–H and O–H groups in total. The van der Waals surface area contributed by atoms with Crippen molar-refractivity contribution in [2.45, 2.75) is 39.5 Å². The van der Waals surface area contributed by atoms with Crippen LogP contribution in [0.5, 0.6) is 0 Å². The highest BCUT2D eigenvalue weighted by Gasteiger charge is 2.25. The summed E-state index contributed by atoms with van der Waals surface area (Å²) in [4.78, 5) is 35.2. The Kier molecular flexibility index (Phi) is 6.90. The zero-order valence-corrected chi connectivity index (χ0v) is 16.9. The third kappa shape index (κ3) is 5.82. The van der Waals surface area contributed by atoms with E-state index < -0.39 is 0 Å². The molecule has 7 heteroatoms. The van der Waals surface area contributed by atoms with E-state index in [1.165, 1.54) is 36.8 Å². The van der Waals surface area contributed by atoms with Gasteiger partial charge < -0.3 is 10.2 Å². The van der Waals surface area contributed by atoms with Gasteiger partial charge in [0.25, 0.3) is 5.91 Å². The molecular formula is C22H27FN4O2. The Hall–Kier alpha value is -2.83. The molecule has 2 aromatic rings. The summed E-state index contributed by atoms with van der Waals surface area (Å²) in [5, 5.41) is 2.76. The van der Waals surface area contributed by atoms with Gasteiger partial charge in [0.1, 0.15) is 12.1 Å². The first-order valence-electron chi connectivity index (χ1n) is 10.1. The van der Waals surface area contributed by atoms with Crippen LogP contribution in [0.4, 0.5) is 10.1 Å². The first-order valence-corrected chi connectivity index (χ1v) is 10.1. The number of carbonyl (C=O) groups is 2. The van der Waals surface area contributed by atoms with Crippen molar-refractivity contribution in [2.75, 3.05) is 18.4 Å². The van der Waals surface area contributed by atoms with Crippen LogP contribution in [-0.4, -0.2) is 39.8 Å². The Bertz CT molecular complexity index is 846. The van der Waals surface area contributed by atoms with Gasteiger partial charge in [0, 0.05) is 31.4 Å². The van der Waals surface area contributed by atoms with E-state index >= 15 is 0 Å². The highest BCUT2D eigenvalue weighted by molar-refractivity contribution is 6.04. The Morgan fingerprint density at radius 2 is 1.90 bits per heavy atom. The minimum Gasteiger partial charge on any atom is -0.343 e. The minimum atomic E-state index is -0.357. The maximum Gasteiger partial charge on any atom is 0.259 e. The van der Waals surface area contributed by atoms with Gasteiger partial charge in [-0.2, -0.15) is 0 Å². The average molecular weight is 398 g/mol. The molecule has 2 heterocycles. The number of hydrogen-bond acceptors (Lipinski definition) is 4. The predicted octanol–water partition coefficient (Wildman–Crippen LogP) is 3.70. The molecule has 0 bridgehead atoms. The van der Waals surface area contributed by atoms with E-state index in [9.17, 15) is 14.0 Å². The molecule has 0 spiro atoms. The summed E-state index contributed by atoms with van der Waals surface area (Å²) in [7, 11) is 0. The van der Waals surface area contributed by atoms with Crippen molar-refractivity contribution in [1.29, 1.82) is 0 Å². The average Bonchev–Trinajstić information content (AvgIpc) is 2.70. The molecule has 6 nitrogen and oxygen atoms in total. The lowest BCUT2D eigenvalue weighted by Crippen LogP contribution is -2.39. The lowest BCUT2D eigenvalue weighted by atomic mass is 9.90. The number of hydrogen-bond donors (Lipinski definition) is 1. The molecule has 29 heavy (non-hydrogen) atoms. The minimum absolute atomic E-state index is 0.222. The second kappa shape index (κ2) is 9.58. The Labute approximate surface area is 170 Å². The third-order valence-corrected chi connectivity index (χ3v) is 5.17. The van der Waals surface area contributed by atoms with Gasteiger partial charge in [-0.25, -0.2) is 14.4 Å². The van der Waals surface area contributed by atoms with Crippen LogP contribution >= 0.6 is 0 Å². The maximum absolute atomic E-state index is 13.1. The summed E-state index contributed by atoms with van der Waals surface area (Å²) in [6.07, 6.45) is 6.01. The second-order valence-electron chi connectivity index (χ2n) is 7.97. The zero-order valence-electron chi connectivity index (χ0n) is 16.9. The molecule has 1 aromatic carbocycles. The number of nitrogens with zero attached hydrogens (tertiary/aromatic N) is 3. The van der Waals surface area contributed by atoms with Gasteiger partial charge in [0.2, 0.25) is 5.91 Å². The number of piperidine rings is 1. The Morgan fingerprint density at radius 3 is 2.55 bits per heavy atom. The zero-order chi connectivity index (χ0) is 20.8. The fourth-order valence-corrected chi connectivity index (χ4v) is 3.58. The molecule has 1 saturated heterocycles. The topological polar surface area (TPSA) is 75.2 Å². The van der Waals surface area contributed by atoms with E-state index in [2.05, 4.69) is 29.1 Å². The van der Waals surface area contributed by atoms with Crippen LogP contribution in [0.1, 0.15) is 49.2 Å². The lowest BCUT2D eigenvalue weighted by molar-refractivity contribution is -0.133. The van der Waals surface area contributed by atoms with Gasteiger partial charge in [0.15, 0.2) is 0 Å². The van der Waals surface area contributed by atoms with Crippen molar-refractivity contribution in [1.82, 2.24) is 14.9 Å². The summed E-state index contributed by atoms with van der Waals surface area (Å²) in [5.41, 5.74) is 1.64. The number of likely N-dealkylation sites (tertiary alicyclic amines) is 1. The van der Waals surface area contributed by atoms with Gasteiger partial charge in [-0.1, -0.05) is 13.8 Å². The van der Waals surface area contributed by atoms with Crippen LogP contribution < -0.4 is 5.32 Å².